The third-order valence-electron chi connectivity index (χ3n) is 7.40. The summed E-state index contributed by atoms with van der Waals surface area (Å²) in [4.78, 5) is 9.06. The van der Waals surface area contributed by atoms with E-state index in [9.17, 15) is 4.39 Å². The predicted molar refractivity (Wildman–Crippen MR) is 123 cm³/mol. The van der Waals surface area contributed by atoms with Gasteiger partial charge in [-0.15, -0.1) is 0 Å². The number of benzene rings is 1. The van der Waals surface area contributed by atoms with Gasteiger partial charge < -0.3 is 4.57 Å². The van der Waals surface area contributed by atoms with E-state index in [4.69, 9.17) is 0 Å². The Hall–Kier alpha value is -2.75. The number of nitrogens with zero attached hydrogens (tertiary/aromatic N) is 3. The molecule has 2 aliphatic rings. The molecular weight excluding hydrogens is 385 g/mol. The number of aryl methyl sites for hydroxylation is 1. The summed E-state index contributed by atoms with van der Waals surface area (Å²) >= 11 is 0. The second-order valence-corrected chi connectivity index (χ2v) is 9.25. The Bertz CT molecular complexity index is 1050. The van der Waals surface area contributed by atoms with Crippen LogP contribution < -0.4 is 0 Å². The first-order valence-corrected chi connectivity index (χ1v) is 11.6. The van der Waals surface area contributed by atoms with E-state index < -0.39 is 0 Å². The topological polar surface area (TPSA) is 30.7 Å². The van der Waals surface area contributed by atoms with E-state index in [1.807, 2.05) is 30.6 Å². The average molecular weight is 416 g/mol. The molecule has 0 unspecified atom stereocenters. The van der Waals surface area contributed by atoms with Crippen molar-refractivity contribution < 1.29 is 4.39 Å². The summed E-state index contributed by atoms with van der Waals surface area (Å²) < 4.78 is 15.8. The van der Waals surface area contributed by atoms with Crippen LogP contribution in [0.2, 0.25) is 0 Å². The molecule has 0 spiro atoms. The Balaban J connectivity index is 1.35. The lowest BCUT2D eigenvalue weighted by molar-refractivity contribution is 0.245. The second-order valence-electron chi connectivity index (χ2n) is 9.25. The highest BCUT2D eigenvalue weighted by atomic mass is 19.1. The lowest BCUT2D eigenvalue weighted by Crippen LogP contribution is -2.21. The molecule has 1 aromatic carbocycles. The number of halogens is 1. The van der Waals surface area contributed by atoms with Gasteiger partial charge in [0.05, 0.1) is 5.69 Å². The maximum absolute atomic E-state index is 13.5. The zero-order valence-electron chi connectivity index (χ0n) is 18.1. The number of hydrogen-bond acceptors (Lipinski definition) is 2. The van der Waals surface area contributed by atoms with Crippen molar-refractivity contribution in [3.8, 4) is 11.1 Å². The van der Waals surface area contributed by atoms with Crippen molar-refractivity contribution in [2.24, 2.45) is 23.7 Å². The minimum atomic E-state index is -0.219. The Morgan fingerprint density at radius 1 is 1.10 bits per heavy atom. The van der Waals surface area contributed by atoms with Crippen LogP contribution in [0.5, 0.6) is 0 Å². The second kappa shape index (κ2) is 8.78. The summed E-state index contributed by atoms with van der Waals surface area (Å²) in [7, 11) is 0. The fourth-order valence-corrected chi connectivity index (χ4v) is 5.83. The van der Waals surface area contributed by atoms with Gasteiger partial charge in [-0.05, 0) is 73.3 Å². The number of aromatic nitrogens is 3. The molecule has 0 radical (unpaired) electrons. The smallest absolute Gasteiger partial charge is 0.123 e. The first kappa shape index (κ1) is 20.2. The highest BCUT2D eigenvalue weighted by Crippen LogP contribution is 2.50. The number of fused-ring (bicyclic) bond motifs is 1. The predicted octanol–water partition coefficient (Wildman–Crippen LogP) is 6.55. The van der Waals surface area contributed by atoms with Gasteiger partial charge in [0.1, 0.15) is 11.6 Å². The van der Waals surface area contributed by atoms with E-state index in [2.05, 4.69) is 39.8 Å². The maximum atomic E-state index is 13.5. The molecule has 2 fully saturated rings. The largest absolute Gasteiger partial charge is 0.335 e. The quantitative estimate of drug-likeness (QED) is 0.473. The first-order chi connectivity index (χ1) is 15.2. The van der Waals surface area contributed by atoms with Gasteiger partial charge in [0.2, 0.25) is 0 Å². The standard InChI is InChI=1S/C27H30FN3/c1-19-29-13-14-31(19)18-23-15-21-5-2-3-8-26(21)27(23)12-11-25-10-9-22(17-30-25)20-6-4-7-24(28)16-20/h4,6-7,9-14,16-17,21,23,26-27H,2-3,5,8,15,18H2,1H3/b12-11+/t21-,23-,26-,27-/m1/s1. The molecule has 3 nitrogen and oxygen atoms in total. The molecule has 2 saturated carbocycles. The van der Waals surface area contributed by atoms with Crippen LogP contribution in [0.15, 0.2) is 61.1 Å². The maximum Gasteiger partial charge on any atom is 0.123 e. The minimum absolute atomic E-state index is 0.219. The van der Waals surface area contributed by atoms with E-state index in [0.717, 1.165) is 41.0 Å². The number of imidazole rings is 1. The average Bonchev–Trinajstić information content (AvgIpc) is 3.35. The van der Waals surface area contributed by atoms with E-state index in [-0.39, 0.29) is 5.82 Å². The van der Waals surface area contributed by atoms with Gasteiger partial charge in [-0.2, -0.15) is 0 Å². The van der Waals surface area contributed by atoms with Crippen molar-refractivity contribution in [2.45, 2.75) is 45.6 Å². The van der Waals surface area contributed by atoms with Crippen LogP contribution in [-0.4, -0.2) is 14.5 Å². The van der Waals surface area contributed by atoms with Gasteiger partial charge >= 0.3 is 0 Å². The molecule has 0 N–H and O–H groups in total. The Morgan fingerprint density at radius 3 is 2.77 bits per heavy atom. The summed E-state index contributed by atoms with van der Waals surface area (Å²) in [6.45, 7) is 3.15. The van der Waals surface area contributed by atoms with Crippen LogP contribution in [0, 0.1) is 36.4 Å². The molecule has 5 rings (SSSR count). The van der Waals surface area contributed by atoms with Crippen molar-refractivity contribution >= 4 is 6.08 Å². The molecule has 0 aliphatic heterocycles. The van der Waals surface area contributed by atoms with Gasteiger partial charge in [-0.25, -0.2) is 9.37 Å². The Kier molecular flexibility index (Phi) is 5.71. The molecule has 2 aromatic heterocycles. The molecule has 3 aromatic rings. The summed E-state index contributed by atoms with van der Waals surface area (Å²) in [5.74, 6) is 3.79. The van der Waals surface area contributed by atoms with E-state index in [0.29, 0.717) is 11.8 Å². The lowest BCUT2D eigenvalue weighted by Gasteiger charge is -2.28. The SMILES string of the molecule is Cc1nccn1C[C@H]1C[C@H]2CCCC[C@H]2[C@@H]1/C=C/c1ccc(-c2cccc(F)c2)cn1. The van der Waals surface area contributed by atoms with Crippen LogP contribution in [0.4, 0.5) is 4.39 Å². The van der Waals surface area contributed by atoms with Crippen molar-refractivity contribution in [3.05, 3.63) is 78.4 Å². The van der Waals surface area contributed by atoms with Crippen LogP contribution in [-0.2, 0) is 6.54 Å². The third kappa shape index (κ3) is 4.34. The molecule has 0 amide bonds. The number of hydrogen-bond donors (Lipinski definition) is 0. The van der Waals surface area contributed by atoms with E-state index >= 15 is 0 Å². The first-order valence-electron chi connectivity index (χ1n) is 11.6. The molecule has 4 atom stereocenters. The van der Waals surface area contributed by atoms with E-state index in [1.165, 1.54) is 38.2 Å². The van der Waals surface area contributed by atoms with Gasteiger partial charge in [0, 0.05) is 30.7 Å². The van der Waals surface area contributed by atoms with Crippen LogP contribution in [0.3, 0.4) is 0 Å². The van der Waals surface area contributed by atoms with Crippen molar-refractivity contribution in [1.82, 2.24) is 14.5 Å². The van der Waals surface area contributed by atoms with Crippen molar-refractivity contribution in [1.29, 1.82) is 0 Å². The summed E-state index contributed by atoms with van der Waals surface area (Å²) in [6.07, 6.45) is 17.3. The molecule has 0 bridgehead atoms. The summed E-state index contributed by atoms with van der Waals surface area (Å²) in [5, 5.41) is 0. The van der Waals surface area contributed by atoms with Gasteiger partial charge in [0.15, 0.2) is 0 Å². The minimum Gasteiger partial charge on any atom is -0.335 e. The number of allylic oxidation sites excluding steroid dienone is 1. The molecular formula is C27H30FN3. The molecule has 4 heteroatoms. The highest BCUT2D eigenvalue weighted by molar-refractivity contribution is 5.63. The fourth-order valence-electron chi connectivity index (χ4n) is 5.83. The summed E-state index contributed by atoms with van der Waals surface area (Å²) in [6, 6.07) is 10.7. The molecule has 2 aliphatic carbocycles. The third-order valence-corrected chi connectivity index (χ3v) is 7.40. The van der Waals surface area contributed by atoms with Gasteiger partial charge in [-0.3, -0.25) is 4.98 Å². The van der Waals surface area contributed by atoms with Gasteiger partial charge in [0.25, 0.3) is 0 Å². The van der Waals surface area contributed by atoms with Crippen molar-refractivity contribution in [2.75, 3.05) is 0 Å². The number of pyridine rings is 1. The summed E-state index contributed by atoms with van der Waals surface area (Å²) in [5.41, 5.74) is 2.77. The van der Waals surface area contributed by atoms with Crippen LogP contribution in [0.25, 0.3) is 17.2 Å². The lowest BCUT2D eigenvalue weighted by atomic mass is 9.77. The molecule has 2 heterocycles. The molecule has 31 heavy (non-hydrogen) atoms. The molecule has 0 saturated heterocycles. The highest BCUT2D eigenvalue weighted by Gasteiger charge is 2.42. The van der Waals surface area contributed by atoms with Gasteiger partial charge in [-0.1, -0.05) is 43.5 Å². The van der Waals surface area contributed by atoms with Crippen molar-refractivity contribution in [3.63, 3.8) is 0 Å². The Morgan fingerprint density at radius 2 is 2.00 bits per heavy atom. The zero-order valence-corrected chi connectivity index (χ0v) is 18.1. The van der Waals surface area contributed by atoms with E-state index in [1.54, 1.807) is 12.1 Å². The normalized spacial score (nSPS) is 25.7. The van der Waals surface area contributed by atoms with Crippen LogP contribution >= 0.6 is 0 Å². The number of rotatable bonds is 5. The van der Waals surface area contributed by atoms with Crippen LogP contribution in [0.1, 0.15) is 43.6 Å². The Labute approximate surface area is 184 Å². The fraction of sp³-hybridized carbons (Fsp3) is 0.407. The monoisotopic (exact) mass is 415 g/mol. The molecule has 160 valence electrons. The zero-order chi connectivity index (χ0) is 21.2.